The Labute approximate surface area is 112 Å². The first-order valence-electron chi connectivity index (χ1n) is 6.32. The lowest BCUT2D eigenvalue weighted by atomic mass is 10.1. The van der Waals surface area contributed by atoms with E-state index in [0.29, 0.717) is 12.1 Å². The maximum atomic E-state index is 11.6. The minimum Gasteiger partial charge on any atom is -0.468 e. The van der Waals surface area contributed by atoms with Crippen molar-refractivity contribution < 1.29 is 14.3 Å². The molecule has 1 aliphatic rings. The number of amides is 1. The molecule has 1 unspecified atom stereocenters. The van der Waals surface area contributed by atoms with Gasteiger partial charge in [-0.2, -0.15) is 0 Å². The molecule has 1 aromatic carbocycles. The maximum absolute atomic E-state index is 11.6. The highest BCUT2D eigenvalue weighted by atomic mass is 16.5. The third-order valence-electron chi connectivity index (χ3n) is 3.46. The van der Waals surface area contributed by atoms with Crippen LogP contribution in [-0.2, 0) is 16.1 Å². The molecule has 1 atom stereocenters. The van der Waals surface area contributed by atoms with Crippen LogP contribution in [0.1, 0.15) is 28.8 Å². The number of nitrogens with zero attached hydrogens (tertiary/aromatic N) is 1. The second-order valence-corrected chi connectivity index (χ2v) is 4.71. The fourth-order valence-electron chi connectivity index (χ4n) is 2.43. The SMILES string of the molecule is COC(=O)C1CCCN1Cc1ccc(C(N)=O)cc1. The number of carbonyl (C=O) groups excluding carboxylic acids is 2. The summed E-state index contributed by atoms with van der Waals surface area (Å²) in [7, 11) is 1.42. The summed E-state index contributed by atoms with van der Waals surface area (Å²) in [6.45, 7) is 1.57. The van der Waals surface area contributed by atoms with Crippen LogP contribution in [-0.4, -0.2) is 36.5 Å². The lowest BCUT2D eigenvalue weighted by Crippen LogP contribution is -2.36. The van der Waals surface area contributed by atoms with Gasteiger partial charge in [-0.05, 0) is 37.1 Å². The summed E-state index contributed by atoms with van der Waals surface area (Å²) >= 11 is 0. The van der Waals surface area contributed by atoms with Gasteiger partial charge in [0.25, 0.3) is 0 Å². The molecule has 0 spiro atoms. The zero-order valence-corrected chi connectivity index (χ0v) is 11.0. The van der Waals surface area contributed by atoms with Crippen LogP contribution in [0.2, 0.25) is 0 Å². The van der Waals surface area contributed by atoms with Crippen LogP contribution in [0.5, 0.6) is 0 Å². The van der Waals surface area contributed by atoms with E-state index in [9.17, 15) is 9.59 Å². The van der Waals surface area contributed by atoms with Gasteiger partial charge in [0.1, 0.15) is 6.04 Å². The summed E-state index contributed by atoms with van der Waals surface area (Å²) in [4.78, 5) is 24.7. The predicted octanol–water partition coefficient (Wildman–Crippen LogP) is 0.923. The van der Waals surface area contributed by atoms with Crippen LogP contribution in [0.25, 0.3) is 0 Å². The van der Waals surface area contributed by atoms with Crippen molar-refractivity contribution in [3.8, 4) is 0 Å². The quantitative estimate of drug-likeness (QED) is 0.819. The third-order valence-corrected chi connectivity index (χ3v) is 3.46. The van der Waals surface area contributed by atoms with Gasteiger partial charge in [0.05, 0.1) is 7.11 Å². The molecule has 0 aliphatic carbocycles. The number of nitrogens with two attached hydrogens (primary N) is 1. The molecule has 19 heavy (non-hydrogen) atoms. The number of hydrogen-bond acceptors (Lipinski definition) is 4. The number of benzene rings is 1. The molecule has 2 N–H and O–H groups in total. The van der Waals surface area contributed by atoms with E-state index in [1.54, 1.807) is 12.1 Å². The monoisotopic (exact) mass is 262 g/mol. The van der Waals surface area contributed by atoms with Gasteiger partial charge in [0.2, 0.25) is 5.91 Å². The van der Waals surface area contributed by atoms with Crippen molar-refractivity contribution in [3.05, 3.63) is 35.4 Å². The third kappa shape index (κ3) is 3.12. The average molecular weight is 262 g/mol. The fraction of sp³-hybridized carbons (Fsp3) is 0.429. The smallest absolute Gasteiger partial charge is 0.323 e. The Kier molecular flexibility index (Phi) is 4.16. The minimum atomic E-state index is -0.430. The molecular formula is C14H18N2O3. The number of rotatable bonds is 4. The highest BCUT2D eigenvalue weighted by molar-refractivity contribution is 5.92. The predicted molar refractivity (Wildman–Crippen MR) is 70.4 cm³/mol. The topological polar surface area (TPSA) is 72.6 Å². The van der Waals surface area contributed by atoms with Crippen molar-refractivity contribution in [2.24, 2.45) is 5.73 Å². The lowest BCUT2D eigenvalue weighted by Gasteiger charge is -2.22. The largest absolute Gasteiger partial charge is 0.468 e. The standard InChI is InChI=1S/C14H18N2O3/c1-19-14(18)12-3-2-8-16(12)9-10-4-6-11(7-5-10)13(15)17/h4-7,12H,2-3,8-9H2,1H3,(H2,15,17). The van der Waals surface area contributed by atoms with Crippen LogP contribution in [0.4, 0.5) is 0 Å². The van der Waals surface area contributed by atoms with Gasteiger partial charge < -0.3 is 10.5 Å². The number of esters is 1. The Balaban J connectivity index is 2.04. The van der Waals surface area contributed by atoms with Crippen LogP contribution in [0, 0.1) is 0 Å². The molecule has 1 saturated heterocycles. The van der Waals surface area contributed by atoms with E-state index in [1.807, 2.05) is 12.1 Å². The lowest BCUT2D eigenvalue weighted by molar-refractivity contribution is -0.146. The molecule has 0 aromatic heterocycles. The fourth-order valence-corrected chi connectivity index (χ4v) is 2.43. The molecule has 1 heterocycles. The summed E-state index contributed by atoms with van der Waals surface area (Å²) in [5, 5.41) is 0. The van der Waals surface area contributed by atoms with Gasteiger partial charge in [-0.3, -0.25) is 14.5 Å². The van der Waals surface area contributed by atoms with E-state index in [1.165, 1.54) is 7.11 Å². The van der Waals surface area contributed by atoms with Crippen molar-refractivity contribution in [1.82, 2.24) is 4.90 Å². The summed E-state index contributed by atoms with van der Waals surface area (Å²) in [6.07, 6.45) is 1.84. The van der Waals surface area contributed by atoms with Crippen molar-refractivity contribution in [1.29, 1.82) is 0 Å². The van der Waals surface area contributed by atoms with Gasteiger partial charge >= 0.3 is 5.97 Å². The molecule has 0 radical (unpaired) electrons. The molecular weight excluding hydrogens is 244 g/mol. The van der Waals surface area contributed by atoms with Crippen LogP contribution in [0.15, 0.2) is 24.3 Å². The van der Waals surface area contributed by atoms with Gasteiger partial charge in [-0.15, -0.1) is 0 Å². The van der Waals surface area contributed by atoms with Gasteiger partial charge in [0, 0.05) is 12.1 Å². The van der Waals surface area contributed by atoms with E-state index in [2.05, 4.69) is 4.90 Å². The molecule has 102 valence electrons. The van der Waals surface area contributed by atoms with Gasteiger partial charge in [-0.1, -0.05) is 12.1 Å². The number of methoxy groups -OCH3 is 1. The molecule has 1 fully saturated rings. The first-order valence-corrected chi connectivity index (χ1v) is 6.32. The van der Waals surface area contributed by atoms with E-state index in [4.69, 9.17) is 10.5 Å². The number of primary amides is 1. The molecule has 5 nitrogen and oxygen atoms in total. The Morgan fingerprint density at radius 1 is 1.37 bits per heavy atom. The van der Waals surface area contributed by atoms with E-state index >= 15 is 0 Å². The second kappa shape index (κ2) is 5.84. The molecule has 1 amide bonds. The normalized spacial score (nSPS) is 19.3. The van der Waals surface area contributed by atoms with E-state index in [-0.39, 0.29) is 12.0 Å². The molecule has 0 bridgehead atoms. The Bertz CT molecular complexity index is 470. The molecule has 0 saturated carbocycles. The number of carbonyl (C=O) groups is 2. The molecule has 5 heteroatoms. The minimum absolute atomic E-state index is 0.152. The number of hydrogen-bond donors (Lipinski definition) is 1. The Hall–Kier alpha value is -1.88. The van der Waals surface area contributed by atoms with Crippen LogP contribution < -0.4 is 5.73 Å². The van der Waals surface area contributed by atoms with Crippen molar-refractivity contribution in [2.75, 3.05) is 13.7 Å². The average Bonchev–Trinajstić information content (AvgIpc) is 2.86. The summed E-state index contributed by atoms with van der Waals surface area (Å²) < 4.78 is 4.81. The first-order chi connectivity index (χ1) is 9.11. The number of ether oxygens (including phenoxy) is 1. The van der Waals surface area contributed by atoms with Crippen molar-refractivity contribution in [3.63, 3.8) is 0 Å². The zero-order valence-electron chi connectivity index (χ0n) is 11.0. The van der Waals surface area contributed by atoms with Crippen LogP contribution >= 0.6 is 0 Å². The van der Waals surface area contributed by atoms with Gasteiger partial charge in [0.15, 0.2) is 0 Å². The van der Waals surface area contributed by atoms with Crippen LogP contribution in [0.3, 0.4) is 0 Å². The zero-order chi connectivity index (χ0) is 13.8. The maximum Gasteiger partial charge on any atom is 0.323 e. The molecule has 2 rings (SSSR count). The van der Waals surface area contributed by atoms with Gasteiger partial charge in [-0.25, -0.2) is 0 Å². The van der Waals surface area contributed by atoms with E-state index < -0.39 is 5.91 Å². The Morgan fingerprint density at radius 2 is 2.05 bits per heavy atom. The summed E-state index contributed by atoms with van der Waals surface area (Å²) in [5.41, 5.74) is 6.75. The van der Waals surface area contributed by atoms with E-state index in [0.717, 1.165) is 24.9 Å². The Morgan fingerprint density at radius 3 is 2.63 bits per heavy atom. The molecule has 1 aliphatic heterocycles. The first kappa shape index (κ1) is 13.5. The highest BCUT2D eigenvalue weighted by Crippen LogP contribution is 2.21. The summed E-state index contributed by atoms with van der Waals surface area (Å²) in [5.74, 6) is -0.605. The highest BCUT2D eigenvalue weighted by Gasteiger charge is 2.31. The second-order valence-electron chi connectivity index (χ2n) is 4.71. The summed E-state index contributed by atoms with van der Waals surface area (Å²) in [6, 6.07) is 7.00. The number of likely N-dealkylation sites (tertiary alicyclic amines) is 1. The van der Waals surface area contributed by atoms with Crippen molar-refractivity contribution >= 4 is 11.9 Å². The molecule has 1 aromatic rings. The van der Waals surface area contributed by atoms with Crippen molar-refractivity contribution in [2.45, 2.75) is 25.4 Å².